The normalized spacial score (nSPS) is 18.4. The number of nitrogens with one attached hydrogen (secondary N) is 1. The lowest BCUT2D eigenvalue weighted by Gasteiger charge is -2.26. The molecule has 4 rings (SSSR count). The SMILES string of the molecule is NC(=NCc1cc(Br)c2c(c1)OCO2)NC1CCOc2ccccc21. The van der Waals surface area contributed by atoms with Crippen LogP contribution in [0.4, 0.5) is 0 Å². The third-order valence-electron chi connectivity index (χ3n) is 4.20. The monoisotopic (exact) mass is 403 g/mol. The molecule has 25 heavy (non-hydrogen) atoms. The number of hydrogen-bond donors (Lipinski definition) is 2. The minimum Gasteiger partial charge on any atom is -0.493 e. The van der Waals surface area contributed by atoms with Gasteiger partial charge in [0, 0.05) is 12.0 Å². The second-order valence-corrected chi connectivity index (χ2v) is 6.74. The van der Waals surface area contributed by atoms with E-state index in [1.165, 1.54) is 0 Å². The quantitative estimate of drug-likeness (QED) is 0.607. The molecule has 0 spiro atoms. The fourth-order valence-corrected chi connectivity index (χ4v) is 3.61. The topological polar surface area (TPSA) is 78.1 Å². The smallest absolute Gasteiger partial charge is 0.231 e. The Morgan fingerprint density at radius 1 is 1.20 bits per heavy atom. The molecule has 2 aromatic carbocycles. The molecule has 0 aliphatic carbocycles. The van der Waals surface area contributed by atoms with Crippen LogP contribution in [0.15, 0.2) is 45.9 Å². The number of guanidine groups is 1. The van der Waals surface area contributed by atoms with Crippen LogP contribution >= 0.6 is 15.9 Å². The maximum Gasteiger partial charge on any atom is 0.231 e. The van der Waals surface area contributed by atoms with E-state index in [4.69, 9.17) is 19.9 Å². The molecular weight excluding hydrogens is 386 g/mol. The highest BCUT2D eigenvalue weighted by Gasteiger charge is 2.21. The molecule has 1 atom stereocenters. The Hall–Kier alpha value is -2.41. The molecular formula is C18H18BrN3O3. The van der Waals surface area contributed by atoms with Gasteiger partial charge in [-0.25, -0.2) is 4.99 Å². The van der Waals surface area contributed by atoms with Crippen molar-refractivity contribution in [2.24, 2.45) is 10.7 Å². The molecule has 0 saturated carbocycles. The number of hydrogen-bond acceptors (Lipinski definition) is 4. The van der Waals surface area contributed by atoms with E-state index in [9.17, 15) is 0 Å². The van der Waals surface area contributed by atoms with Crippen molar-refractivity contribution in [3.63, 3.8) is 0 Å². The predicted octanol–water partition coefficient (Wildman–Crippen LogP) is 3.11. The van der Waals surface area contributed by atoms with Crippen LogP contribution in [-0.4, -0.2) is 19.4 Å². The molecule has 0 saturated heterocycles. The molecule has 2 heterocycles. The molecule has 2 aliphatic rings. The highest BCUT2D eigenvalue weighted by Crippen LogP contribution is 2.40. The molecule has 7 heteroatoms. The molecule has 0 bridgehead atoms. The van der Waals surface area contributed by atoms with Gasteiger partial charge in [-0.1, -0.05) is 18.2 Å². The summed E-state index contributed by atoms with van der Waals surface area (Å²) in [5, 5.41) is 3.29. The lowest BCUT2D eigenvalue weighted by Crippen LogP contribution is -2.37. The van der Waals surface area contributed by atoms with Gasteiger partial charge in [-0.05, 0) is 39.7 Å². The van der Waals surface area contributed by atoms with Crippen LogP contribution in [0.1, 0.15) is 23.6 Å². The lowest BCUT2D eigenvalue weighted by atomic mass is 10.0. The first-order chi connectivity index (χ1) is 12.2. The van der Waals surface area contributed by atoms with Gasteiger partial charge in [-0.3, -0.25) is 0 Å². The van der Waals surface area contributed by atoms with E-state index in [0.29, 0.717) is 19.1 Å². The van der Waals surface area contributed by atoms with Crippen molar-refractivity contribution in [3.8, 4) is 17.2 Å². The van der Waals surface area contributed by atoms with Crippen molar-refractivity contribution < 1.29 is 14.2 Å². The van der Waals surface area contributed by atoms with Crippen LogP contribution in [0.2, 0.25) is 0 Å². The zero-order chi connectivity index (χ0) is 17.2. The third-order valence-corrected chi connectivity index (χ3v) is 4.79. The molecule has 6 nitrogen and oxygen atoms in total. The summed E-state index contributed by atoms with van der Waals surface area (Å²) in [7, 11) is 0. The summed E-state index contributed by atoms with van der Waals surface area (Å²) in [5.74, 6) is 2.77. The predicted molar refractivity (Wildman–Crippen MR) is 98.0 cm³/mol. The van der Waals surface area contributed by atoms with Crippen LogP contribution in [0, 0.1) is 0 Å². The number of nitrogens with zero attached hydrogens (tertiary/aromatic N) is 1. The van der Waals surface area contributed by atoms with E-state index >= 15 is 0 Å². The Labute approximate surface area is 154 Å². The van der Waals surface area contributed by atoms with Gasteiger partial charge in [0.25, 0.3) is 0 Å². The molecule has 0 fully saturated rings. The van der Waals surface area contributed by atoms with Gasteiger partial charge in [0.1, 0.15) is 5.75 Å². The molecule has 1 unspecified atom stereocenters. The number of para-hydroxylation sites is 1. The first kappa shape index (κ1) is 16.1. The molecule has 0 amide bonds. The molecule has 2 aromatic rings. The Balaban J connectivity index is 1.46. The Morgan fingerprint density at radius 3 is 3.00 bits per heavy atom. The Kier molecular flexibility index (Phi) is 4.40. The second kappa shape index (κ2) is 6.84. The van der Waals surface area contributed by atoms with E-state index in [0.717, 1.165) is 39.3 Å². The minimum absolute atomic E-state index is 0.109. The van der Waals surface area contributed by atoms with Crippen LogP contribution in [-0.2, 0) is 6.54 Å². The van der Waals surface area contributed by atoms with Gasteiger partial charge < -0.3 is 25.3 Å². The summed E-state index contributed by atoms with van der Waals surface area (Å²) in [5.41, 5.74) is 8.19. The Morgan fingerprint density at radius 2 is 2.08 bits per heavy atom. The van der Waals surface area contributed by atoms with Crippen molar-refractivity contribution in [3.05, 3.63) is 52.0 Å². The zero-order valence-corrected chi connectivity index (χ0v) is 15.1. The number of ether oxygens (including phenoxy) is 3. The summed E-state index contributed by atoms with van der Waals surface area (Å²) in [6.07, 6.45) is 0.850. The van der Waals surface area contributed by atoms with Gasteiger partial charge in [-0.2, -0.15) is 0 Å². The average Bonchev–Trinajstić information content (AvgIpc) is 3.10. The van der Waals surface area contributed by atoms with Gasteiger partial charge in [0.2, 0.25) is 6.79 Å². The van der Waals surface area contributed by atoms with E-state index in [1.807, 2.05) is 36.4 Å². The van der Waals surface area contributed by atoms with Crippen LogP contribution in [0.3, 0.4) is 0 Å². The van der Waals surface area contributed by atoms with Crippen LogP contribution < -0.4 is 25.3 Å². The van der Waals surface area contributed by atoms with Crippen molar-refractivity contribution >= 4 is 21.9 Å². The largest absolute Gasteiger partial charge is 0.493 e. The standard InChI is InChI=1S/C18H18BrN3O3/c19-13-7-11(8-16-17(13)25-10-24-16)9-21-18(20)22-14-5-6-23-15-4-2-1-3-12(14)15/h1-4,7-8,14H,5-6,9-10H2,(H3,20,21,22). The lowest BCUT2D eigenvalue weighted by molar-refractivity contribution is 0.173. The minimum atomic E-state index is 0.109. The summed E-state index contributed by atoms with van der Waals surface area (Å²) in [6.45, 7) is 1.36. The summed E-state index contributed by atoms with van der Waals surface area (Å²) in [6, 6.07) is 12.0. The Bertz CT molecular complexity index is 825. The van der Waals surface area contributed by atoms with Crippen molar-refractivity contribution in [1.82, 2.24) is 5.32 Å². The zero-order valence-electron chi connectivity index (χ0n) is 13.5. The van der Waals surface area contributed by atoms with Crippen molar-refractivity contribution in [2.75, 3.05) is 13.4 Å². The third kappa shape index (κ3) is 3.37. The molecule has 3 N–H and O–H groups in total. The number of nitrogens with two attached hydrogens (primary N) is 1. The van der Waals surface area contributed by atoms with Gasteiger partial charge in [0.05, 0.1) is 23.7 Å². The van der Waals surface area contributed by atoms with Crippen molar-refractivity contribution in [2.45, 2.75) is 19.0 Å². The first-order valence-corrected chi connectivity index (χ1v) is 8.86. The second-order valence-electron chi connectivity index (χ2n) is 5.88. The summed E-state index contributed by atoms with van der Waals surface area (Å²) < 4.78 is 17.3. The number of halogens is 1. The molecule has 130 valence electrons. The summed E-state index contributed by atoms with van der Waals surface area (Å²) in [4.78, 5) is 4.45. The van der Waals surface area contributed by atoms with Gasteiger partial charge in [-0.15, -0.1) is 0 Å². The molecule has 2 aliphatic heterocycles. The highest BCUT2D eigenvalue weighted by atomic mass is 79.9. The number of rotatable bonds is 3. The fraction of sp³-hybridized carbons (Fsp3) is 0.278. The summed E-state index contributed by atoms with van der Waals surface area (Å²) >= 11 is 3.49. The number of fused-ring (bicyclic) bond motifs is 2. The maximum absolute atomic E-state index is 6.09. The van der Waals surface area contributed by atoms with Gasteiger partial charge >= 0.3 is 0 Å². The molecule has 0 radical (unpaired) electrons. The van der Waals surface area contributed by atoms with E-state index in [2.05, 4.69) is 26.2 Å². The van der Waals surface area contributed by atoms with Crippen LogP contribution in [0.5, 0.6) is 17.2 Å². The van der Waals surface area contributed by atoms with E-state index < -0.39 is 0 Å². The van der Waals surface area contributed by atoms with Crippen LogP contribution in [0.25, 0.3) is 0 Å². The number of benzene rings is 2. The maximum atomic E-state index is 6.09. The highest BCUT2D eigenvalue weighted by molar-refractivity contribution is 9.10. The number of aliphatic imine (C=N–C) groups is 1. The fourth-order valence-electron chi connectivity index (χ4n) is 3.00. The average molecular weight is 404 g/mol. The van der Waals surface area contributed by atoms with E-state index in [1.54, 1.807) is 0 Å². The van der Waals surface area contributed by atoms with Gasteiger partial charge in [0.15, 0.2) is 17.5 Å². The van der Waals surface area contributed by atoms with E-state index in [-0.39, 0.29) is 12.8 Å². The van der Waals surface area contributed by atoms with Crippen molar-refractivity contribution in [1.29, 1.82) is 0 Å². The first-order valence-electron chi connectivity index (χ1n) is 8.07. The molecule has 0 aromatic heterocycles.